The second-order valence-corrected chi connectivity index (χ2v) is 8.75. The largest absolute Gasteiger partial charge is 0.465 e. The van der Waals surface area contributed by atoms with E-state index in [4.69, 9.17) is 0 Å². The van der Waals surface area contributed by atoms with Gasteiger partial charge in [0.2, 0.25) is 10.0 Å². The van der Waals surface area contributed by atoms with Crippen LogP contribution in [0.15, 0.2) is 47.4 Å². The molecule has 6 nitrogen and oxygen atoms in total. The third kappa shape index (κ3) is 4.79. The van der Waals surface area contributed by atoms with Crippen LogP contribution < -0.4 is 4.72 Å². The molecule has 0 amide bonds. The van der Waals surface area contributed by atoms with Crippen LogP contribution in [0, 0.1) is 6.92 Å². The van der Waals surface area contributed by atoms with Gasteiger partial charge < -0.3 is 4.74 Å². The molecule has 0 radical (unpaired) electrons. The van der Waals surface area contributed by atoms with Gasteiger partial charge in [-0.3, -0.25) is 4.90 Å². The summed E-state index contributed by atoms with van der Waals surface area (Å²) in [6.45, 7) is 4.80. The number of carbonyl (C=O) groups excluding carboxylic acids is 1. The van der Waals surface area contributed by atoms with E-state index in [-0.39, 0.29) is 4.90 Å². The van der Waals surface area contributed by atoms with Gasteiger partial charge in [0.15, 0.2) is 0 Å². The van der Waals surface area contributed by atoms with Crippen LogP contribution >= 0.6 is 0 Å². The lowest BCUT2D eigenvalue weighted by Crippen LogP contribution is -2.33. The van der Waals surface area contributed by atoms with Gasteiger partial charge in [-0.25, -0.2) is 17.9 Å². The van der Waals surface area contributed by atoms with Crippen LogP contribution in [0.1, 0.15) is 33.5 Å². The topological polar surface area (TPSA) is 75.7 Å². The molecule has 3 rings (SSSR count). The zero-order valence-electron chi connectivity index (χ0n) is 16.3. The summed E-state index contributed by atoms with van der Waals surface area (Å²) in [5, 5.41) is 0. The minimum atomic E-state index is -3.61. The van der Waals surface area contributed by atoms with Crippen molar-refractivity contribution < 1.29 is 17.9 Å². The fraction of sp³-hybridized carbons (Fsp3) is 0.381. The van der Waals surface area contributed by atoms with Gasteiger partial charge in [0.05, 0.1) is 17.6 Å². The first kappa shape index (κ1) is 20.5. The van der Waals surface area contributed by atoms with E-state index in [9.17, 15) is 13.2 Å². The number of rotatable bonds is 7. The molecule has 0 unspecified atom stereocenters. The van der Waals surface area contributed by atoms with Crippen molar-refractivity contribution in [2.45, 2.75) is 31.2 Å². The van der Waals surface area contributed by atoms with Crippen LogP contribution in [0.4, 0.5) is 0 Å². The maximum atomic E-state index is 12.6. The van der Waals surface area contributed by atoms with Gasteiger partial charge in [0, 0.05) is 19.6 Å². The van der Waals surface area contributed by atoms with Crippen molar-refractivity contribution in [1.29, 1.82) is 0 Å². The highest BCUT2D eigenvalue weighted by molar-refractivity contribution is 7.89. The highest BCUT2D eigenvalue weighted by Gasteiger charge is 2.19. The van der Waals surface area contributed by atoms with Gasteiger partial charge in [-0.05, 0) is 61.2 Å². The van der Waals surface area contributed by atoms with Crippen LogP contribution in [0.2, 0.25) is 0 Å². The molecule has 1 N–H and O–H groups in total. The molecule has 28 heavy (non-hydrogen) atoms. The highest BCUT2D eigenvalue weighted by Crippen LogP contribution is 2.19. The molecule has 0 saturated heterocycles. The Kier molecular flexibility index (Phi) is 6.49. The molecule has 1 aliphatic rings. The molecular weight excluding hydrogens is 376 g/mol. The summed E-state index contributed by atoms with van der Waals surface area (Å²) >= 11 is 0. The summed E-state index contributed by atoms with van der Waals surface area (Å²) in [6, 6.07) is 12.9. The normalized spacial score (nSPS) is 14.5. The summed E-state index contributed by atoms with van der Waals surface area (Å²) < 4.78 is 32.5. The summed E-state index contributed by atoms with van der Waals surface area (Å²) in [7, 11) is -2.32. The number of hydrogen-bond acceptors (Lipinski definition) is 5. The lowest BCUT2D eigenvalue weighted by molar-refractivity contribution is 0.0600. The lowest BCUT2D eigenvalue weighted by atomic mass is 10.00. The van der Waals surface area contributed by atoms with Gasteiger partial charge >= 0.3 is 5.97 Å². The monoisotopic (exact) mass is 402 g/mol. The van der Waals surface area contributed by atoms with E-state index in [1.165, 1.54) is 36.4 Å². The Hall–Kier alpha value is -2.22. The maximum Gasteiger partial charge on any atom is 0.337 e. The maximum absolute atomic E-state index is 12.6. The van der Waals surface area contributed by atoms with Gasteiger partial charge in [0.1, 0.15) is 0 Å². The number of methoxy groups -OCH3 is 1. The first-order chi connectivity index (χ1) is 13.4. The number of aryl methyl sites for hydroxylation is 1. The zero-order chi connectivity index (χ0) is 20.1. The number of carbonyl (C=O) groups is 1. The van der Waals surface area contributed by atoms with E-state index in [0.29, 0.717) is 17.7 Å². The third-order valence-electron chi connectivity index (χ3n) is 5.04. The molecular formula is C21H26N2O4S. The minimum Gasteiger partial charge on any atom is -0.465 e. The SMILES string of the molecule is COC(=O)c1ccc(S(=O)(=O)NCCCN2CCc3ccccc3C2)c(C)c1. The van der Waals surface area contributed by atoms with E-state index in [1.54, 1.807) is 6.92 Å². The van der Waals surface area contributed by atoms with Crippen LogP contribution in [0.5, 0.6) is 0 Å². The molecule has 150 valence electrons. The van der Waals surface area contributed by atoms with Crippen molar-refractivity contribution in [3.8, 4) is 0 Å². The first-order valence-electron chi connectivity index (χ1n) is 9.38. The smallest absolute Gasteiger partial charge is 0.337 e. The fourth-order valence-corrected chi connectivity index (χ4v) is 4.83. The molecule has 0 aliphatic carbocycles. The molecule has 0 aromatic heterocycles. The summed E-state index contributed by atoms with van der Waals surface area (Å²) in [6.07, 6.45) is 1.77. The second kappa shape index (κ2) is 8.86. The summed E-state index contributed by atoms with van der Waals surface area (Å²) in [5.74, 6) is -0.483. The second-order valence-electron chi connectivity index (χ2n) is 7.02. The number of benzene rings is 2. The molecule has 1 aliphatic heterocycles. The number of fused-ring (bicyclic) bond motifs is 1. The molecule has 2 aromatic carbocycles. The number of hydrogen-bond donors (Lipinski definition) is 1. The Morgan fingerprint density at radius 1 is 1.18 bits per heavy atom. The quantitative estimate of drug-likeness (QED) is 0.569. The fourth-order valence-electron chi connectivity index (χ4n) is 3.53. The zero-order valence-corrected chi connectivity index (χ0v) is 17.1. The number of nitrogens with one attached hydrogen (secondary N) is 1. The number of nitrogens with zero attached hydrogens (tertiary/aromatic N) is 1. The molecule has 7 heteroatoms. The average molecular weight is 403 g/mol. The third-order valence-corrected chi connectivity index (χ3v) is 6.66. The average Bonchev–Trinajstić information content (AvgIpc) is 2.70. The highest BCUT2D eigenvalue weighted by atomic mass is 32.2. The standard InChI is InChI=1S/C21H26N2O4S/c1-16-14-18(21(24)27-2)8-9-20(16)28(25,26)22-11-5-12-23-13-10-17-6-3-4-7-19(17)15-23/h3-4,6-9,14,22H,5,10-13,15H2,1-2H3. The van der Waals surface area contributed by atoms with Crippen LogP contribution in [-0.4, -0.2) is 46.0 Å². The summed E-state index contributed by atoms with van der Waals surface area (Å²) in [5.41, 5.74) is 3.62. The van der Waals surface area contributed by atoms with Crippen molar-refractivity contribution >= 4 is 16.0 Å². The van der Waals surface area contributed by atoms with Gasteiger partial charge in [0.25, 0.3) is 0 Å². The van der Waals surface area contributed by atoms with Gasteiger partial charge in [-0.2, -0.15) is 0 Å². The molecule has 2 aromatic rings. The number of esters is 1. The molecule has 0 fully saturated rings. The number of ether oxygens (including phenoxy) is 1. The predicted octanol–water partition coefficient (Wildman–Crippen LogP) is 2.51. The molecule has 0 bridgehead atoms. The Labute approximate surface area is 166 Å². The van der Waals surface area contributed by atoms with Crippen LogP contribution in [0.3, 0.4) is 0 Å². The van der Waals surface area contributed by atoms with E-state index < -0.39 is 16.0 Å². The minimum absolute atomic E-state index is 0.187. The van der Waals surface area contributed by atoms with Crippen molar-refractivity contribution in [2.75, 3.05) is 26.7 Å². The van der Waals surface area contributed by atoms with Crippen molar-refractivity contribution in [3.05, 3.63) is 64.7 Å². The Bertz CT molecular complexity index is 957. The van der Waals surface area contributed by atoms with Crippen LogP contribution in [-0.2, 0) is 27.7 Å². The predicted molar refractivity (Wildman–Crippen MR) is 108 cm³/mol. The van der Waals surface area contributed by atoms with Gasteiger partial charge in [-0.1, -0.05) is 24.3 Å². The molecule has 0 saturated carbocycles. The van der Waals surface area contributed by atoms with E-state index in [1.807, 2.05) is 0 Å². The Morgan fingerprint density at radius 2 is 1.93 bits per heavy atom. The summed E-state index contributed by atoms with van der Waals surface area (Å²) in [4.78, 5) is 14.1. The first-order valence-corrected chi connectivity index (χ1v) is 10.9. The van der Waals surface area contributed by atoms with Crippen molar-refractivity contribution in [3.63, 3.8) is 0 Å². The number of sulfonamides is 1. The Morgan fingerprint density at radius 3 is 2.64 bits per heavy atom. The van der Waals surface area contributed by atoms with E-state index in [0.717, 1.165) is 32.5 Å². The molecule has 0 atom stereocenters. The van der Waals surface area contributed by atoms with E-state index >= 15 is 0 Å². The van der Waals surface area contributed by atoms with Crippen LogP contribution in [0.25, 0.3) is 0 Å². The molecule has 0 spiro atoms. The van der Waals surface area contributed by atoms with Crippen molar-refractivity contribution in [2.24, 2.45) is 0 Å². The van der Waals surface area contributed by atoms with E-state index in [2.05, 4.69) is 38.6 Å². The molecule has 1 heterocycles. The Balaban J connectivity index is 1.52. The lowest BCUT2D eigenvalue weighted by Gasteiger charge is -2.28. The van der Waals surface area contributed by atoms with Gasteiger partial charge in [-0.15, -0.1) is 0 Å². The van der Waals surface area contributed by atoms with Crippen molar-refractivity contribution in [1.82, 2.24) is 9.62 Å².